The van der Waals surface area contributed by atoms with Gasteiger partial charge in [-0.05, 0) is 46.0 Å². The summed E-state index contributed by atoms with van der Waals surface area (Å²) < 4.78 is 13.5. The number of carbonyl (C=O) groups is 1. The monoisotopic (exact) mass is 312 g/mol. The zero-order valence-corrected chi connectivity index (χ0v) is 12.0. The molecule has 18 heavy (non-hydrogen) atoms. The minimum atomic E-state index is -0.280. The van der Waals surface area contributed by atoms with E-state index in [1.54, 1.807) is 12.1 Å². The summed E-state index contributed by atoms with van der Waals surface area (Å²) in [5, 5.41) is 0. The van der Waals surface area contributed by atoms with Gasteiger partial charge in [0.05, 0.1) is 4.47 Å². The van der Waals surface area contributed by atoms with E-state index in [9.17, 15) is 9.18 Å². The lowest BCUT2D eigenvalue weighted by Crippen LogP contribution is -2.05. The van der Waals surface area contributed by atoms with E-state index in [0.29, 0.717) is 17.3 Å². The largest absolute Gasteiger partial charge is 0.299 e. The second kappa shape index (κ2) is 6.46. The Labute approximate surface area is 116 Å². The molecule has 1 nitrogen and oxygen atoms in total. The van der Waals surface area contributed by atoms with Crippen LogP contribution in [-0.2, 0) is 11.2 Å². The third kappa shape index (κ3) is 3.91. The van der Waals surface area contributed by atoms with Gasteiger partial charge in [0.25, 0.3) is 0 Å². The van der Waals surface area contributed by atoms with Crippen molar-refractivity contribution in [3.05, 3.63) is 34.1 Å². The van der Waals surface area contributed by atoms with E-state index in [2.05, 4.69) is 15.9 Å². The van der Waals surface area contributed by atoms with Crippen LogP contribution in [0.1, 0.15) is 44.1 Å². The highest BCUT2D eigenvalue weighted by molar-refractivity contribution is 9.10. The number of halogens is 2. The first-order valence-electron chi connectivity index (χ1n) is 6.61. The summed E-state index contributed by atoms with van der Waals surface area (Å²) in [5.74, 6) is 0.742. The summed E-state index contributed by atoms with van der Waals surface area (Å²) >= 11 is 3.14. The van der Waals surface area contributed by atoms with Crippen molar-refractivity contribution in [1.82, 2.24) is 0 Å². The zero-order valence-electron chi connectivity index (χ0n) is 10.4. The van der Waals surface area contributed by atoms with Crippen molar-refractivity contribution in [2.24, 2.45) is 5.92 Å². The van der Waals surface area contributed by atoms with Crippen molar-refractivity contribution in [2.45, 2.75) is 44.9 Å². The highest BCUT2D eigenvalue weighted by atomic mass is 79.9. The van der Waals surface area contributed by atoms with Gasteiger partial charge in [-0.15, -0.1) is 0 Å². The predicted molar refractivity (Wildman–Crippen MR) is 74.0 cm³/mol. The highest BCUT2D eigenvalue weighted by Crippen LogP contribution is 2.28. The van der Waals surface area contributed by atoms with Crippen LogP contribution in [0, 0.1) is 11.7 Å². The molecule has 1 aliphatic carbocycles. The molecule has 0 aromatic heterocycles. The lowest BCUT2D eigenvalue weighted by molar-refractivity contribution is -0.118. The average molecular weight is 313 g/mol. The number of Topliss-reactive ketones (excluding diaryl/α,β-unsaturated/α-hetero) is 1. The molecule has 1 aliphatic rings. The quantitative estimate of drug-likeness (QED) is 0.772. The van der Waals surface area contributed by atoms with Crippen LogP contribution >= 0.6 is 15.9 Å². The molecule has 1 fully saturated rings. The fourth-order valence-electron chi connectivity index (χ4n) is 2.63. The number of hydrogen-bond donors (Lipinski definition) is 0. The summed E-state index contributed by atoms with van der Waals surface area (Å²) in [5.41, 5.74) is 0.889. The van der Waals surface area contributed by atoms with Crippen molar-refractivity contribution in [3.8, 4) is 0 Å². The molecule has 3 heteroatoms. The predicted octanol–water partition coefficient (Wildman–Crippen LogP) is 4.67. The molecule has 2 rings (SSSR count). The minimum absolute atomic E-state index is 0.264. The van der Waals surface area contributed by atoms with Crippen LogP contribution in [-0.4, -0.2) is 5.78 Å². The molecule has 0 radical (unpaired) electrons. The maximum absolute atomic E-state index is 13.1. The van der Waals surface area contributed by atoms with Crippen LogP contribution in [0.4, 0.5) is 4.39 Å². The Morgan fingerprint density at radius 3 is 2.72 bits per heavy atom. The van der Waals surface area contributed by atoms with E-state index in [-0.39, 0.29) is 11.6 Å². The van der Waals surface area contributed by atoms with Crippen molar-refractivity contribution in [1.29, 1.82) is 0 Å². The maximum atomic E-state index is 13.1. The summed E-state index contributed by atoms with van der Waals surface area (Å²) in [7, 11) is 0. The lowest BCUT2D eigenvalue weighted by atomic mass is 9.98. The SMILES string of the molecule is O=C(CCC1CCCC1)Cc1ccc(F)c(Br)c1. The van der Waals surface area contributed by atoms with Gasteiger partial charge in [-0.1, -0.05) is 31.7 Å². The maximum Gasteiger partial charge on any atom is 0.137 e. The fourth-order valence-corrected chi connectivity index (χ4v) is 3.06. The van der Waals surface area contributed by atoms with Crippen LogP contribution in [0.2, 0.25) is 0 Å². The number of carbonyl (C=O) groups excluding carboxylic acids is 1. The van der Waals surface area contributed by atoms with Crippen molar-refractivity contribution in [3.63, 3.8) is 0 Å². The normalized spacial score (nSPS) is 16.1. The van der Waals surface area contributed by atoms with Gasteiger partial charge in [0.1, 0.15) is 11.6 Å². The molecule has 0 aliphatic heterocycles. The zero-order chi connectivity index (χ0) is 13.0. The molecule has 0 saturated heterocycles. The van der Waals surface area contributed by atoms with Gasteiger partial charge in [0.15, 0.2) is 0 Å². The van der Waals surface area contributed by atoms with Crippen LogP contribution in [0.3, 0.4) is 0 Å². The van der Waals surface area contributed by atoms with Gasteiger partial charge in [0.2, 0.25) is 0 Å². The Bertz CT molecular complexity index is 425. The summed E-state index contributed by atoms with van der Waals surface area (Å²) in [4.78, 5) is 11.9. The summed E-state index contributed by atoms with van der Waals surface area (Å²) in [6.07, 6.45) is 7.34. The molecule has 0 bridgehead atoms. The van der Waals surface area contributed by atoms with Gasteiger partial charge in [-0.25, -0.2) is 4.39 Å². The first kappa shape index (κ1) is 13.7. The van der Waals surface area contributed by atoms with Crippen molar-refractivity contribution in [2.75, 3.05) is 0 Å². The van der Waals surface area contributed by atoms with E-state index in [1.165, 1.54) is 31.7 Å². The molecule has 1 saturated carbocycles. The van der Waals surface area contributed by atoms with Gasteiger partial charge in [-0.2, -0.15) is 0 Å². The Kier molecular flexibility index (Phi) is 4.93. The fraction of sp³-hybridized carbons (Fsp3) is 0.533. The van der Waals surface area contributed by atoms with Crippen LogP contribution in [0.15, 0.2) is 22.7 Å². The smallest absolute Gasteiger partial charge is 0.137 e. The van der Waals surface area contributed by atoms with E-state index < -0.39 is 0 Å². The molecular weight excluding hydrogens is 295 g/mol. The van der Waals surface area contributed by atoms with Crippen molar-refractivity contribution >= 4 is 21.7 Å². The Morgan fingerprint density at radius 2 is 2.06 bits per heavy atom. The topological polar surface area (TPSA) is 17.1 Å². The molecule has 0 N–H and O–H groups in total. The second-order valence-electron chi connectivity index (χ2n) is 5.15. The molecular formula is C15H18BrFO. The molecule has 0 heterocycles. The molecule has 1 aromatic rings. The molecule has 1 aromatic carbocycles. The molecule has 98 valence electrons. The number of ketones is 1. The first-order chi connectivity index (χ1) is 8.65. The summed E-state index contributed by atoms with van der Waals surface area (Å²) in [6, 6.07) is 4.79. The Balaban J connectivity index is 1.80. The first-order valence-corrected chi connectivity index (χ1v) is 7.40. The second-order valence-corrected chi connectivity index (χ2v) is 6.01. The molecule has 0 atom stereocenters. The number of hydrogen-bond acceptors (Lipinski definition) is 1. The third-order valence-corrected chi connectivity index (χ3v) is 4.30. The molecule has 0 unspecified atom stereocenters. The van der Waals surface area contributed by atoms with E-state index in [4.69, 9.17) is 0 Å². The highest BCUT2D eigenvalue weighted by Gasteiger charge is 2.16. The molecule has 0 spiro atoms. The van der Waals surface area contributed by atoms with Crippen LogP contribution in [0.25, 0.3) is 0 Å². The molecule has 0 amide bonds. The number of benzene rings is 1. The van der Waals surface area contributed by atoms with Gasteiger partial charge >= 0.3 is 0 Å². The lowest BCUT2D eigenvalue weighted by Gasteiger charge is -2.08. The number of rotatable bonds is 5. The minimum Gasteiger partial charge on any atom is -0.299 e. The standard InChI is InChI=1S/C15H18BrFO/c16-14-10-12(6-8-15(14)17)9-13(18)7-5-11-3-1-2-4-11/h6,8,10-11H,1-5,7,9H2. The van der Waals surface area contributed by atoms with Crippen molar-refractivity contribution < 1.29 is 9.18 Å². The third-order valence-electron chi connectivity index (χ3n) is 3.69. The van der Waals surface area contributed by atoms with E-state index >= 15 is 0 Å². The Hall–Kier alpha value is -0.700. The van der Waals surface area contributed by atoms with Crippen LogP contribution < -0.4 is 0 Å². The van der Waals surface area contributed by atoms with Gasteiger partial charge in [0, 0.05) is 12.8 Å². The van der Waals surface area contributed by atoms with E-state index in [0.717, 1.165) is 17.9 Å². The average Bonchev–Trinajstić information content (AvgIpc) is 2.84. The Morgan fingerprint density at radius 1 is 1.33 bits per heavy atom. The van der Waals surface area contributed by atoms with E-state index in [1.807, 2.05) is 0 Å². The van der Waals surface area contributed by atoms with Gasteiger partial charge < -0.3 is 0 Å². The van der Waals surface area contributed by atoms with Gasteiger partial charge in [-0.3, -0.25) is 4.79 Å². The van der Waals surface area contributed by atoms with Crippen LogP contribution in [0.5, 0.6) is 0 Å². The summed E-state index contributed by atoms with van der Waals surface area (Å²) in [6.45, 7) is 0.